The molecule has 0 aromatic carbocycles. The molecule has 1 aliphatic heterocycles. The Kier molecular flexibility index (Phi) is 1.84. The number of amides is 1. The standard InChI is InChI=1S/C7H9N5O2/c1-8-7-11-5-4(6(14)12-7)10-3(13)2-9-5/h2H2,1H3,(H,10,13)(H3,8,9,11,12,14). The number of nitrogens with one attached hydrogen (secondary N) is 4. The third-order valence-corrected chi connectivity index (χ3v) is 1.84. The largest absolute Gasteiger partial charge is 0.359 e. The lowest BCUT2D eigenvalue weighted by Gasteiger charge is -2.16. The zero-order valence-electron chi connectivity index (χ0n) is 7.47. The van der Waals surface area contributed by atoms with Crippen LogP contribution < -0.4 is 21.5 Å². The zero-order valence-corrected chi connectivity index (χ0v) is 7.47. The van der Waals surface area contributed by atoms with Crippen LogP contribution in [0.15, 0.2) is 4.79 Å². The quantitative estimate of drug-likeness (QED) is 0.469. The fourth-order valence-electron chi connectivity index (χ4n) is 1.18. The van der Waals surface area contributed by atoms with Gasteiger partial charge in [0.05, 0.1) is 6.54 Å². The van der Waals surface area contributed by atoms with E-state index in [9.17, 15) is 9.59 Å². The second kappa shape index (κ2) is 3.02. The number of hydrogen-bond acceptors (Lipinski definition) is 5. The fourth-order valence-corrected chi connectivity index (χ4v) is 1.18. The fraction of sp³-hybridized carbons (Fsp3) is 0.286. The van der Waals surface area contributed by atoms with Gasteiger partial charge in [-0.15, -0.1) is 0 Å². The van der Waals surface area contributed by atoms with Gasteiger partial charge in [-0.2, -0.15) is 4.98 Å². The molecule has 2 heterocycles. The number of aromatic amines is 1. The average Bonchev–Trinajstić information content (AvgIpc) is 2.19. The number of nitrogens with zero attached hydrogens (tertiary/aromatic N) is 1. The lowest BCUT2D eigenvalue weighted by Crippen LogP contribution is -2.33. The molecule has 1 aromatic rings. The van der Waals surface area contributed by atoms with Crippen LogP contribution >= 0.6 is 0 Å². The molecular weight excluding hydrogens is 186 g/mol. The lowest BCUT2D eigenvalue weighted by atomic mass is 10.3. The van der Waals surface area contributed by atoms with Gasteiger partial charge >= 0.3 is 0 Å². The van der Waals surface area contributed by atoms with E-state index in [1.54, 1.807) is 7.05 Å². The molecule has 0 unspecified atom stereocenters. The average molecular weight is 195 g/mol. The molecule has 1 aromatic heterocycles. The number of hydrogen-bond donors (Lipinski definition) is 4. The number of rotatable bonds is 1. The summed E-state index contributed by atoms with van der Waals surface area (Å²) in [6, 6.07) is 0. The Morgan fingerprint density at radius 2 is 2.21 bits per heavy atom. The Bertz CT molecular complexity index is 438. The molecule has 7 nitrogen and oxygen atoms in total. The predicted molar refractivity (Wildman–Crippen MR) is 51.5 cm³/mol. The molecule has 0 saturated carbocycles. The Hall–Kier alpha value is -2.05. The minimum Gasteiger partial charge on any atom is -0.359 e. The Labute approximate surface area is 78.9 Å². The van der Waals surface area contributed by atoms with Crippen molar-refractivity contribution in [1.82, 2.24) is 9.97 Å². The van der Waals surface area contributed by atoms with Crippen LogP contribution in [0.2, 0.25) is 0 Å². The highest BCUT2D eigenvalue weighted by atomic mass is 16.2. The maximum atomic E-state index is 11.4. The molecule has 14 heavy (non-hydrogen) atoms. The number of carbonyl (C=O) groups excluding carboxylic acids is 1. The number of carbonyl (C=O) groups is 1. The van der Waals surface area contributed by atoms with Crippen LogP contribution in [0.3, 0.4) is 0 Å². The monoisotopic (exact) mass is 195 g/mol. The zero-order chi connectivity index (χ0) is 10.1. The second-order valence-corrected chi connectivity index (χ2v) is 2.79. The molecular formula is C7H9N5O2. The van der Waals surface area contributed by atoms with Crippen LogP contribution in [0.5, 0.6) is 0 Å². The highest BCUT2D eigenvalue weighted by Crippen LogP contribution is 2.17. The van der Waals surface area contributed by atoms with E-state index in [1.165, 1.54) is 0 Å². The highest BCUT2D eigenvalue weighted by Gasteiger charge is 2.18. The summed E-state index contributed by atoms with van der Waals surface area (Å²) in [4.78, 5) is 28.9. The van der Waals surface area contributed by atoms with E-state index in [1.807, 2.05) is 0 Å². The third kappa shape index (κ3) is 1.28. The molecule has 0 bridgehead atoms. The van der Waals surface area contributed by atoms with Crippen molar-refractivity contribution in [3.05, 3.63) is 10.4 Å². The van der Waals surface area contributed by atoms with Crippen LogP contribution in [0.4, 0.5) is 17.5 Å². The molecule has 0 saturated heterocycles. The first-order chi connectivity index (χ1) is 6.70. The van der Waals surface area contributed by atoms with Gasteiger partial charge < -0.3 is 16.0 Å². The summed E-state index contributed by atoms with van der Waals surface area (Å²) in [5.41, 5.74) is -0.208. The molecule has 4 N–H and O–H groups in total. The topological polar surface area (TPSA) is 98.9 Å². The summed E-state index contributed by atoms with van der Waals surface area (Å²) < 4.78 is 0. The number of anilines is 3. The minimum atomic E-state index is -0.375. The first-order valence-electron chi connectivity index (χ1n) is 4.06. The van der Waals surface area contributed by atoms with Crippen LogP contribution in [0.25, 0.3) is 0 Å². The van der Waals surface area contributed by atoms with E-state index in [0.29, 0.717) is 11.8 Å². The Balaban J connectivity index is 2.53. The van der Waals surface area contributed by atoms with Crippen molar-refractivity contribution in [2.24, 2.45) is 0 Å². The first-order valence-corrected chi connectivity index (χ1v) is 4.06. The van der Waals surface area contributed by atoms with Gasteiger partial charge in [-0.05, 0) is 0 Å². The third-order valence-electron chi connectivity index (χ3n) is 1.84. The Morgan fingerprint density at radius 3 is 2.93 bits per heavy atom. The summed E-state index contributed by atoms with van der Waals surface area (Å²) in [6.07, 6.45) is 0. The van der Waals surface area contributed by atoms with Gasteiger partial charge in [0.1, 0.15) is 0 Å². The Morgan fingerprint density at radius 1 is 1.43 bits per heavy atom. The predicted octanol–water partition coefficient (Wildman–Crippen LogP) is -0.824. The van der Waals surface area contributed by atoms with E-state index in [4.69, 9.17) is 0 Å². The maximum absolute atomic E-state index is 11.4. The summed E-state index contributed by atoms with van der Waals surface area (Å²) in [7, 11) is 1.64. The smallest absolute Gasteiger partial charge is 0.278 e. The lowest BCUT2D eigenvalue weighted by molar-refractivity contribution is -0.114. The molecule has 1 aliphatic rings. The number of fused-ring (bicyclic) bond motifs is 1. The molecule has 0 radical (unpaired) electrons. The summed E-state index contributed by atoms with van der Waals surface area (Å²) in [5, 5.41) is 7.90. The second-order valence-electron chi connectivity index (χ2n) is 2.79. The van der Waals surface area contributed by atoms with Crippen molar-refractivity contribution < 1.29 is 4.79 Å². The van der Waals surface area contributed by atoms with Crippen LogP contribution in [-0.4, -0.2) is 29.5 Å². The minimum absolute atomic E-state index is 0.132. The van der Waals surface area contributed by atoms with Gasteiger partial charge in [-0.3, -0.25) is 14.6 Å². The van der Waals surface area contributed by atoms with Crippen molar-refractivity contribution >= 4 is 23.4 Å². The SMILES string of the molecule is CNc1nc2c(c(=O)[nH]1)NC(=O)CN2. The summed E-state index contributed by atoms with van der Waals surface area (Å²) in [6.45, 7) is 0.132. The van der Waals surface area contributed by atoms with Crippen molar-refractivity contribution in [2.45, 2.75) is 0 Å². The summed E-state index contributed by atoms with van der Waals surface area (Å²) >= 11 is 0. The van der Waals surface area contributed by atoms with E-state index in [2.05, 4.69) is 25.9 Å². The van der Waals surface area contributed by atoms with Crippen LogP contribution in [-0.2, 0) is 4.79 Å². The van der Waals surface area contributed by atoms with Gasteiger partial charge in [-0.1, -0.05) is 0 Å². The first kappa shape index (κ1) is 8.54. The van der Waals surface area contributed by atoms with Crippen molar-refractivity contribution in [3.63, 3.8) is 0 Å². The van der Waals surface area contributed by atoms with E-state index in [0.717, 1.165) is 0 Å². The van der Waals surface area contributed by atoms with E-state index < -0.39 is 0 Å². The normalized spacial score (nSPS) is 13.9. The van der Waals surface area contributed by atoms with Gasteiger partial charge in [0.25, 0.3) is 5.56 Å². The molecule has 74 valence electrons. The molecule has 0 fully saturated rings. The molecule has 0 aliphatic carbocycles. The van der Waals surface area contributed by atoms with Gasteiger partial charge in [0.15, 0.2) is 11.5 Å². The van der Waals surface area contributed by atoms with Crippen LogP contribution in [0, 0.1) is 0 Å². The van der Waals surface area contributed by atoms with Crippen molar-refractivity contribution in [2.75, 3.05) is 29.5 Å². The van der Waals surface area contributed by atoms with Gasteiger partial charge in [0, 0.05) is 7.05 Å². The van der Waals surface area contributed by atoms with E-state index in [-0.39, 0.29) is 23.7 Å². The molecule has 0 spiro atoms. The molecule has 0 atom stereocenters. The molecule has 1 amide bonds. The van der Waals surface area contributed by atoms with Crippen molar-refractivity contribution in [3.8, 4) is 0 Å². The molecule has 2 rings (SSSR count). The number of aromatic nitrogens is 2. The van der Waals surface area contributed by atoms with E-state index >= 15 is 0 Å². The van der Waals surface area contributed by atoms with Crippen molar-refractivity contribution in [1.29, 1.82) is 0 Å². The van der Waals surface area contributed by atoms with Gasteiger partial charge in [-0.25, -0.2) is 0 Å². The molecule has 7 heteroatoms. The number of H-pyrrole nitrogens is 1. The van der Waals surface area contributed by atoms with Gasteiger partial charge in [0.2, 0.25) is 11.9 Å². The summed E-state index contributed by atoms with van der Waals surface area (Å²) in [5.74, 6) is 0.497. The highest BCUT2D eigenvalue weighted by molar-refractivity contribution is 5.99. The maximum Gasteiger partial charge on any atom is 0.278 e. The van der Waals surface area contributed by atoms with Crippen LogP contribution in [0.1, 0.15) is 0 Å².